The summed E-state index contributed by atoms with van der Waals surface area (Å²) in [6, 6.07) is 21.0. The molecule has 5 nitrogen and oxygen atoms in total. The van der Waals surface area contributed by atoms with E-state index in [9.17, 15) is 14.7 Å². The number of nitrogens with zero attached hydrogens (tertiary/aromatic N) is 2. The molecule has 0 aliphatic carbocycles. The minimum atomic E-state index is -0.244. The monoisotopic (exact) mass is 360 g/mol. The highest BCUT2D eigenvalue weighted by molar-refractivity contribution is 6.01. The lowest BCUT2D eigenvalue weighted by Crippen LogP contribution is -2.31. The van der Waals surface area contributed by atoms with Crippen molar-refractivity contribution in [1.29, 1.82) is 0 Å². The SMILES string of the molecule is O=C(CCC(=O)N(Cc1ccccn1)c1ccccc1O)c1ccccc1. The van der Waals surface area contributed by atoms with E-state index in [1.165, 1.54) is 11.0 Å². The molecule has 1 heterocycles. The van der Waals surface area contributed by atoms with E-state index in [0.717, 1.165) is 0 Å². The fourth-order valence-corrected chi connectivity index (χ4v) is 2.78. The van der Waals surface area contributed by atoms with Gasteiger partial charge in [-0.3, -0.25) is 14.6 Å². The Morgan fingerprint density at radius 2 is 1.56 bits per heavy atom. The summed E-state index contributed by atoms with van der Waals surface area (Å²) >= 11 is 0. The van der Waals surface area contributed by atoms with Gasteiger partial charge in [-0.05, 0) is 24.3 Å². The first-order valence-electron chi connectivity index (χ1n) is 8.71. The lowest BCUT2D eigenvalue weighted by atomic mass is 10.1. The number of aromatic nitrogens is 1. The van der Waals surface area contributed by atoms with Crippen molar-refractivity contribution in [2.75, 3.05) is 4.90 Å². The molecular weight excluding hydrogens is 340 g/mol. The Bertz CT molecular complexity index is 911. The van der Waals surface area contributed by atoms with Crippen LogP contribution in [0, 0.1) is 0 Å². The van der Waals surface area contributed by atoms with Gasteiger partial charge in [0.2, 0.25) is 5.91 Å². The van der Waals surface area contributed by atoms with Gasteiger partial charge in [0.1, 0.15) is 5.75 Å². The first kappa shape index (κ1) is 18.3. The van der Waals surface area contributed by atoms with Gasteiger partial charge in [-0.2, -0.15) is 0 Å². The van der Waals surface area contributed by atoms with Crippen LogP contribution in [0.25, 0.3) is 0 Å². The predicted octanol–water partition coefficient (Wildman–Crippen LogP) is 3.98. The molecule has 136 valence electrons. The summed E-state index contributed by atoms with van der Waals surface area (Å²) in [5, 5.41) is 10.2. The van der Waals surface area contributed by atoms with E-state index in [0.29, 0.717) is 16.9 Å². The molecular formula is C22H20N2O3. The van der Waals surface area contributed by atoms with Gasteiger partial charge in [-0.15, -0.1) is 0 Å². The molecule has 0 aliphatic heterocycles. The Kier molecular flexibility index (Phi) is 5.94. The highest BCUT2D eigenvalue weighted by Gasteiger charge is 2.20. The van der Waals surface area contributed by atoms with Gasteiger partial charge in [-0.25, -0.2) is 0 Å². The van der Waals surface area contributed by atoms with E-state index in [-0.39, 0.29) is 36.8 Å². The number of phenolic OH excluding ortho intramolecular Hbond substituents is 1. The summed E-state index contributed by atoms with van der Waals surface area (Å²) < 4.78 is 0. The zero-order chi connectivity index (χ0) is 19.1. The van der Waals surface area contributed by atoms with Crippen LogP contribution in [-0.2, 0) is 11.3 Å². The van der Waals surface area contributed by atoms with Crippen molar-refractivity contribution in [3.63, 3.8) is 0 Å². The van der Waals surface area contributed by atoms with Crippen molar-refractivity contribution in [3.8, 4) is 5.75 Å². The predicted molar refractivity (Wildman–Crippen MR) is 104 cm³/mol. The lowest BCUT2D eigenvalue weighted by Gasteiger charge is -2.23. The van der Waals surface area contributed by atoms with Crippen molar-refractivity contribution in [3.05, 3.63) is 90.3 Å². The molecule has 1 N–H and O–H groups in total. The van der Waals surface area contributed by atoms with Crippen molar-refractivity contribution in [2.45, 2.75) is 19.4 Å². The number of pyridine rings is 1. The number of Topliss-reactive ketones (excluding diaryl/α,β-unsaturated/α-hetero) is 1. The topological polar surface area (TPSA) is 70.5 Å². The molecule has 1 amide bonds. The molecule has 3 aromatic rings. The standard InChI is InChI=1S/C22H20N2O3/c25-20(17-8-2-1-3-9-17)13-14-22(27)24(16-18-10-6-7-15-23-18)19-11-4-5-12-21(19)26/h1-12,15,26H,13-14,16H2. The second kappa shape index (κ2) is 8.76. The molecule has 0 unspecified atom stereocenters. The van der Waals surface area contributed by atoms with Crippen LogP contribution in [0.3, 0.4) is 0 Å². The first-order chi connectivity index (χ1) is 13.1. The number of benzene rings is 2. The van der Waals surface area contributed by atoms with Crippen LogP contribution >= 0.6 is 0 Å². The van der Waals surface area contributed by atoms with E-state index in [1.807, 2.05) is 18.2 Å². The number of ketones is 1. The average molecular weight is 360 g/mol. The number of hydrogen-bond donors (Lipinski definition) is 1. The summed E-state index contributed by atoms with van der Waals surface area (Å²) in [5.74, 6) is -0.318. The van der Waals surface area contributed by atoms with Crippen molar-refractivity contribution in [2.24, 2.45) is 0 Å². The molecule has 0 fully saturated rings. The van der Waals surface area contributed by atoms with Crippen molar-refractivity contribution < 1.29 is 14.7 Å². The molecule has 0 atom stereocenters. The van der Waals surface area contributed by atoms with E-state index in [1.54, 1.807) is 54.7 Å². The number of phenols is 1. The van der Waals surface area contributed by atoms with E-state index in [4.69, 9.17) is 0 Å². The third-order valence-electron chi connectivity index (χ3n) is 4.18. The number of anilines is 1. The molecule has 1 aromatic heterocycles. The number of rotatable bonds is 7. The zero-order valence-electron chi connectivity index (χ0n) is 14.8. The fraction of sp³-hybridized carbons (Fsp3) is 0.136. The van der Waals surface area contributed by atoms with E-state index < -0.39 is 0 Å². The quantitative estimate of drug-likeness (QED) is 0.647. The van der Waals surface area contributed by atoms with Crippen LogP contribution in [-0.4, -0.2) is 21.8 Å². The Balaban J connectivity index is 1.76. The Hall–Kier alpha value is -3.47. The summed E-state index contributed by atoms with van der Waals surface area (Å²) in [7, 11) is 0. The average Bonchev–Trinajstić information content (AvgIpc) is 2.72. The number of amides is 1. The van der Waals surface area contributed by atoms with Crippen LogP contribution in [0.4, 0.5) is 5.69 Å². The molecule has 0 radical (unpaired) electrons. The largest absolute Gasteiger partial charge is 0.506 e. The van der Waals surface area contributed by atoms with Crippen LogP contribution in [0.2, 0.25) is 0 Å². The van der Waals surface area contributed by atoms with Gasteiger partial charge in [0.15, 0.2) is 5.78 Å². The van der Waals surface area contributed by atoms with Crippen LogP contribution in [0.5, 0.6) is 5.75 Å². The first-order valence-corrected chi connectivity index (χ1v) is 8.71. The van der Waals surface area contributed by atoms with Gasteiger partial charge in [0.05, 0.1) is 17.9 Å². The van der Waals surface area contributed by atoms with Gasteiger partial charge in [0.25, 0.3) is 0 Å². The smallest absolute Gasteiger partial charge is 0.227 e. The number of hydrogen-bond acceptors (Lipinski definition) is 4. The summed E-state index contributed by atoms with van der Waals surface area (Å²) in [6.45, 7) is 0.219. The minimum Gasteiger partial charge on any atom is -0.506 e. The third-order valence-corrected chi connectivity index (χ3v) is 4.18. The molecule has 0 saturated carbocycles. The molecule has 27 heavy (non-hydrogen) atoms. The Morgan fingerprint density at radius 1 is 0.852 bits per heavy atom. The van der Waals surface area contributed by atoms with Gasteiger partial charge in [0, 0.05) is 24.6 Å². The van der Waals surface area contributed by atoms with Gasteiger partial charge in [-0.1, -0.05) is 48.5 Å². The highest BCUT2D eigenvalue weighted by atomic mass is 16.3. The minimum absolute atomic E-state index is 0.0103. The molecule has 2 aromatic carbocycles. The number of aromatic hydroxyl groups is 1. The maximum absolute atomic E-state index is 12.9. The second-order valence-corrected chi connectivity index (χ2v) is 6.08. The van der Waals surface area contributed by atoms with E-state index >= 15 is 0 Å². The zero-order valence-corrected chi connectivity index (χ0v) is 14.8. The number of para-hydroxylation sites is 2. The number of carbonyl (C=O) groups excluding carboxylic acids is 2. The normalized spacial score (nSPS) is 10.4. The second-order valence-electron chi connectivity index (χ2n) is 6.08. The Morgan fingerprint density at radius 3 is 2.26 bits per heavy atom. The summed E-state index contributed by atoms with van der Waals surface area (Å²) in [6.07, 6.45) is 1.81. The molecule has 0 spiro atoms. The third kappa shape index (κ3) is 4.79. The summed E-state index contributed by atoms with van der Waals surface area (Å²) in [4.78, 5) is 30.9. The number of carbonyl (C=O) groups is 2. The lowest BCUT2D eigenvalue weighted by molar-refractivity contribution is -0.118. The van der Waals surface area contributed by atoms with E-state index in [2.05, 4.69) is 4.98 Å². The maximum atomic E-state index is 12.9. The summed E-state index contributed by atoms with van der Waals surface area (Å²) in [5.41, 5.74) is 1.69. The maximum Gasteiger partial charge on any atom is 0.227 e. The van der Waals surface area contributed by atoms with Crippen LogP contribution < -0.4 is 4.90 Å². The molecule has 3 rings (SSSR count). The van der Waals surface area contributed by atoms with Gasteiger partial charge >= 0.3 is 0 Å². The fourth-order valence-electron chi connectivity index (χ4n) is 2.78. The molecule has 0 saturated heterocycles. The molecule has 0 bridgehead atoms. The molecule has 5 heteroatoms. The Labute approximate surface area is 157 Å². The highest BCUT2D eigenvalue weighted by Crippen LogP contribution is 2.28. The van der Waals surface area contributed by atoms with Crippen LogP contribution in [0.1, 0.15) is 28.9 Å². The molecule has 0 aliphatic rings. The van der Waals surface area contributed by atoms with Crippen LogP contribution in [0.15, 0.2) is 79.0 Å². The van der Waals surface area contributed by atoms with Gasteiger partial charge < -0.3 is 10.0 Å². The van der Waals surface area contributed by atoms with Crippen molar-refractivity contribution in [1.82, 2.24) is 4.98 Å². The van der Waals surface area contributed by atoms with Crippen molar-refractivity contribution >= 4 is 17.4 Å².